The first-order chi connectivity index (χ1) is 13.7. The van der Waals surface area contributed by atoms with Gasteiger partial charge in [-0.1, -0.05) is 6.07 Å². The molecule has 0 saturated carbocycles. The molecule has 7 heteroatoms. The van der Waals surface area contributed by atoms with Crippen LogP contribution in [0.5, 0.6) is 17.2 Å². The maximum absolute atomic E-state index is 12.6. The van der Waals surface area contributed by atoms with Gasteiger partial charge in [-0.05, 0) is 42.5 Å². The molecule has 28 heavy (non-hydrogen) atoms. The number of hydrogen-bond donors (Lipinski definition) is 1. The Bertz CT molecular complexity index is 958. The van der Waals surface area contributed by atoms with E-state index in [2.05, 4.69) is 15.3 Å². The highest BCUT2D eigenvalue weighted by molar-refractivity contribution is 5.97. The number of methoxy groups -OCH3 is 3. The molecular weight excluding hydrogens is 358 g/mol. The number of carbonyl (C=O) groups is 1. The van der Waals surface area contributed by atoms with Gasteiger partial charge in [-0.25, -0.2) is 9.97 Å². The third-order valence-electron chi connectivity index (χ3n) is 4.19. The summed E-state index contributed by atoms with van der Waals surface area (Å²) in [5.74, 6) is 1.39. The van der Waals surface area contributed by atoms with Crippen molar-refractivity contribution in [3.63, 3.8) is 0 Å². The van der Waals surface area contributed by atoms with Gasteiger partial charge in [-0.3, -0.25) is 4.79 Å². The van der Waals surface area contributed by atoms with Crippen LogP contribution in [0.25, 0.3) is 11.3 Å². The fraction of sp³-hybridized carbons (Fsp3) is 0.190. The van der Waals surface area contributed by atoms with Crippen LogP contribution in [-0.2, 0) is 6.54 Å². The number of amides is 1. The number of aromatic nitrogens is 2. The summed E-state index contributed by atoms with van der Waals surface area (Å²) < 4.78 is 15.7. The second-order valence-corrected chi connectivity index (χ2v) is 5.85. The molecule has 0 atom stereocenters. The monoisotopic (exact) mass is 379 g/mol. The van der Waals surface area contributed by atoms with Crippen molar-refractivity contribution in [2.75, 3.05) is 21.3 Å². The lowest BCUT2D eigenvalue weighted by Crippen LogP contribution is -2.24. The number of rotatable bonds is 7. The van der Waals surface area contributed by atoms with Gasteiger partial charge >= 0.3 is 0 Å². The average Bonchev–Trinajstić information content (AvgIpc) is 2.77. The van der Waals surface area contributed by atoms with Crippen LogP contribution < -0.4 is 19.5 Å². The maximum atomic E-state index is 12.6. The Morgan fingerprint density at radius 1 is 0.964 bits per heavy atom. The van der Waals surface area contributed by atoms with E-state index in [9.17, 15) is 4.79 Å². The Balaban J connectivity index is 1.74. The van der Waals surface area contributed by atoms with E-state index in [1.54, 1.807) is 25.3 Å². The molecule has 0 spiro atoms. The molecule has 7 nitrogen and oxygen atoms in total. The molecule has 1 heterocycles. The molecule has 0 fully saturated rings. The van der Waals surface area contributed by atoms with Gasteiger partial charge in [0.2, 0.25) is 0 Å². The second-order valence-electron chi connectivity index (χ2n) is 5.85. The zero-order chi connectivity index (χ0) is 19.9. The van der Waals surface area contributed by atoms with Crippen molar-refractivity contribution < 1.29 is 19.0 Å². The summed E-state index contributed by atoms with van der Waals surface area (Å²) in [6.07, 6.45) is 1.48. The molecule has 0 radical (unpaired) electrons. The van der Waals surface area contributed by atoms with Gasteiger partial charge < -0.3 is 19.5 Å². The smallest absolute Gasteiger partial charge is 0.255 e. The van der Waals surface area contributed by atoms with E-state index in [-0.39, 0.29) is 12.5 Å². The number of benzene rings is 2. The quantitative estimate of drug-likeness (QED) is 0.679. The third-order valence-corrected chi connectivity index (χ3v) is 4.19. The molecule has 0 saturated heterocycles. The van der Waals surface area contributed by atoms with Gasteiger partial charge in [-0.2, -0.15) is 0 Å². The van der Waals surface area contributed by atoms with Crippen LogP contribution in [0.15, 0.2) is 54.9 Å². The Hall–Kier alpha value is -3.61. The van der Waals surface area contributed by atoms with Crippen LogP contribution in [0, 0.1) is 0 Å². The summed E-state index contributed by atoms with van der Waals surface area (Å²) >= 11 is 0. The molecule has 3 aromatic rings. The summed E-state index contributed by atoms with van der Waals surface area (Å²) in [5, 5.41) is 2.85. The first-order valence-corrected chi connectivity index (χ1v) is 8.60. The van der Waals surface area contributed by atoms with Crippen LogP contribution in [0.4, 0.5) is 0 Å². The number of hydrogen-bond acceptors (Lipinski definition) is 6. The minimum atomic E-state index is -0.277. The van der Waals surface area contributed by atoms with E-state index >= 15 is 0 Å². The summed E-state index contributed by atoms with van der Waals surface area (Å²) in [7, 11) is 4.65. The van der Waals surface area contributed by atoms with Crippen molar-refractivity contribution in [2.45, 2.75) is 6.54 Å². The van der Waals surface area contributed by atoms with Gasteiger partial charge in [0.1, 0.15) is 12.1 Å². The van der Waals surface area contributed by atoms with Crippen molar-refractivity contribution in [2.24, 2.45) is 0 Å². The number of ether oxygens (including phenoxy) is 3. The predicted octanol–water partition coefficient (Wildman–Crippen LogP) is 3.10. The van der Waals surface area contributed by atoms with E-state index < -0.39 is 0 Å². The minimum absolute atomic E-state index is 0.255. The van der Waals surface area contributed by atoms with Gasteiger partial charge in [0.15, 0.2) is 11.5 Å². The fourth-order valence-corrected chi connectivity index (χ4v) is 2.75. The summed E-state index contributed by atoms with van der Waals surface area (Å²) in [6, 6.07) is 14.6. The molecule has 0 aliphatic carbocycles. The van der Waals surface area contributed by atoms with Gasteiger partial charge in [-0.15, -0.1) is 0 Å². The molecule has 0 unspecified atom stereocenters. The van der Waals surface area contributed by atoms with Crippen molar-refractivity contribution in [3.05, 3.63) is 66.1 Å². The first-order valence-electron chi connectivity index (χ1n) is 8.60. The second kappa shape index (κ2) is 8.85. The summed E-state index contributed by atoms with van der Waals surface area (Å²) in [5.41, 5.74) is 2.79. The lowest BCUT2D eigenvalue weighted by Gasteiger charge is -2.12. The SMILES string of the molecule is COc1ccc(-c2cc(CNC(=O)c3cccc(OC)c3OC)ncn2)cc1. The topological polar surface area (TPSA) is 82.6 Å². The van der Waals surface area contributed by atoms with E-state index in [0.717, 1.165) is 17.0 Å². The van der Waals surface area contributed by atoms with Crippen LogP contribution in [0.3, 0.4) is 0 Å². The third kappa shape index (κ3) is 4.20. The molecule has 0 bridgehead atoms. The van der Waals surface area contributed by atoms with Crippen LogP contribution >= 0.6 is 0 Å². The van der Waals surface area contributed by atoms with Crippen molar-refractivity contribution >= 4 is 5.91 Å². The average molecular weight is 379 g/mol. The normalized spacial score (nSPS) is 10.2. The number of nitrogens with zero attached hydrogens (tertiary/aromatic N) is 2. The molecule has 3 rings (SSSR count). The molecule has 1 amide bonds. The number of nitrogens with one attached hydrogen (secondary N) is 1. The van der Waals surface area contributed by atoms with E-state index in [1.165, 1.54) is 20.5 Å². The molecule has 1 aromatic heterocycles. The maximum Gasteiger partial charge on any atom is 0.255 e. The van der Waals surface area contributed by atoms with Crippen molar-refractivity contribution in [1.29, 1.82) is 0 Å². The number of para-hydroxylation sites is 1. The molecule has 1 N–H and O–H groups in total. The Morgan fingerprint density at radius 3 is 2.43 bits per heavy atom. The lowest BCUT2D eigenvalue weighted by atomic mass is 10.1. The number of carbonyl (C=O) groups excluding carboxylic acids is 1. The fourth-order valence-electron chi connectivity index (χ4n) is 2.75. The van der Waals surface area contributed by atoms with Crippen molar-refractivity contribution in [1.82, 2.24) is 15.3 Å². The highest BCUT2D eigenvalue weighted by Crippen LogP contribution is 2.30. The molecule has 2 aromatic carbocycles. The van der Waals surface area contributed by atoms with Crippen LogP contribution in [-0.4, -0.2) is 37.2 Å². The van der Waals surface area contributed by atoms with Gasteiger partial charge in [0.05, 0.1) is 44.8 Å². The molecule has 144 valence electrons. The highest BCUT2D eigenvalue weighted by atomic mass is 16.5. The summed E-state index contributed by atoms with van der Waals surface area (Å²) in [4.78, 5) is 21.1. The van der Waals surface area contributed by atoms with E-state index in [1.807, 2.05) is 30.3 Å². The molecule has 0 aliphatic heterocycles. The Labute approximate surface area is 163 Å². The minimum Gasteiger partial charge on any atom is -0.497 e. The Kier molecular flexibility index (Phi) is 6.06. The van der Waals surface area contributed by atoms with E-state index in [0.29, 0.717) is 22.8 Å². The van der Waals surface area contributed by atoms with Crippen molar-refractivity contribution in [3.8, 4) is 28.5 Å². The van der Waals surface area contributed by atoms with Crippen LogP contribution in [0.1, 0.15) is 16.1 Å². The Morgan fingerprint density at radius 2 is 1.75 bits per heavy atom. The lowest BCUT2D eigenvalue weighted by molar-refractivity contribution is 0.0946. The zero-order valence-corrected chi connectivity index (χ0v) is 15.9. The summed E-state index contributed by atoms with van der Waals surface area (Å²) in [6.45, 7) is 0.255. The largest absolute Gasteiger partial charge is 0.497 e. The predicted molar refractivity (Wildman–Crippen MR) is 105 cm³/mol. The molecular formula is C21H21N3O4. The van der Waals surface area contributed by atoms with E-state index in [4.69, 9.17) is 14.2 Å². The first kappa shape index (κ1) is 19.2. The van der Waals surface area contributed by atoms with Crippen LogP contribution in [0.2, 0.25) is 0 Å². The molecule has 0 aliphatic rings. The highest BCUT2D eigenvalue weighted by Gasteiger charge is 2.16. The standard InChI is InChI=1S/C21H21N3O4/c1-26-16-9-7-14(8-10-16)18-11-15(23-13-24-18)12-22-21(25)17-5-4-6-19(27-2)20(17)28-3/h4-11,13H,12H2,1-3H3,(H,22,25). The van der Waals surface area contributed by atoms with Gasteiger partial charge in [0.25, 0.3) is 5.91 Å². The zero-order valence-electron chi connectivity index (χ0n) is 15.9. The van der Waals surface area contributed by atoms with Gasteiger partial charge in [0, 0.05) is 5.56 Å².